The molecule has 100 valence electrons. The zero-order valence-corrected chi connectivity index (χ0v) is 11.0. The lowest BCUT2D eigenvalue weighted by Crippen LogP contribution is -2.44. The van der Waals surface area contributed by atoms with E-state index >= 15 is 0 Å². The van der Waals surface area contributed by atoms with Crippen molar-refractivity contribution in [3.05, 3.63) is 11.8 Å². The molecule has 1 aliphatic rings. The molecule has 1 amide bonds. The van der Waals surface area contributed by atoms with Crippen molar-refractivity contribution in [1.29, 1.82) is 0 Å². The molecule has 0 radical (unpaired) electrons. The average molecular weight is 252 g/mol. The summed E-state index contributed by atoms with van der Waals surface area (Å²) in [7, 11) is 0. The topological polar surface area (TPSA) is 71.3 Å². The molecule has 0 atom stereocenters. The number of nitrogens with one attached hydrogen (secondary N) is 1. The molecule has 1 N–H and O–H groups in total. The van der Waals surface area contributed by atoms with E-state index < -0.39 is 0 Å². The van der Waals surface area contributed by atoms with Crippen molar-refractivity contribution in [3.8, 4) is 0 Å². The number of carbonyl (C=O) groups is 1. The third-order valence-corrected chi connectivity index (χ3v) is 3.20. The van der Waals surface area contributed by atoms with E-state index in [1.807, 2.05) is 6.92 Å². The Balaban J connectivity index is 1.75. The number of likely N-dealkylation sites (tertiary alicyclic amines) is 1. The van der Waals surface area contributed by atoms with Gasteiger partial charge in [-0.3, -0.25) is 9.69 Å². The SMILES string of the molecule is CCC(=O)NC1CCN(Cc2nnc(C)o2)CC1. The minimum atomic E-state index is 0.140. The molecule has 0 aliphatic carbocycles. The number of aromatic nitrogens is 2. The number of hydrogen-bond acceptors (Lipinski definition) is 5. The van der Waals surface area contributed by atoms with Crippen LogP contribution in [0.4, 0.5) is 0 Å². The molecule has 0 unspecified atom stereocenters. The highest BCUT2D eigenvalue weighted by Crippen LogP contribution is 2.13. The molecule has 6 heteroatoms. The lowest BCUT2D eigenvalue weighted by Gasteiger charge is -2.31. The van der Waals surface area contributed by atoms with Gasteiger partial charge in [-0.1, -0.05) is 6.92 Å². The average Bonchev–Trinajstić information content (AvgIpc) is 2.77. The largest absolute Gasteiger partial charge is 0.424 e. The fourth-order valence-electron chi connectivity index (χ4n) is 2.16. The summed E-state index contributed by atoms with van der Waals surface area (Å²) in [6, 6.07) is 0.318. The van der Waals surface area contributed by atoms with Gasteiger partial charge in [0.25, 0.3) is 0 Å². The Labute approximate surface area is 107 Å². The predicted octanol–water partition coefficient (Wildman–Crippen LogP) is 0.869. The van der Waals surface area contributed by atoms with Crippen LogP contribution in [0.15, 0.2) is 4.42 Å². The number of amides is 1. The Hall–Kier alpha value is -1.43. The number of nitrogens with zero attached hydrogens (tertiary/aromatic N) is 3. The zero-order chi connectivity index (χ0) is 13.0. The highest BCUT2D eigenvalue weighted by atomic mass is 16.4. The van der Waals surface area contributed by atoms with Gasteiger partial charge in [0.1, 0.15) is 0 Å². The van der Waals surface area contributed by atoms with E-state index in [-0.39, 0.29) is 5.91 Å². The van der Waals surface area contributed by atoms with Gasteiger partial charge in [0.2, 0.25) is 17.7 Å². The van der Waals surface area contributed by atoms with Crippen molar-refractivity contribution in [2.24, 2.45) is 0 Å². The van der Waals surface area contributed by atoms with Crippen LogP contribution < -0.4 is 5.32 Å². The molecule has 18 heavy (non-hydrogen) atoms. The lowest BCUT2D eigenvalue weighted by molar-refractivity contribution is -0.121. The second-order valence-electron chi connectivity index (χ2n) is 4.69. The normalized spacial score (nSPS) is 17.9. The molecule has 0 saturated carbocycles. The van der Waals surface area contributed by atoms with Gasteiger partial charge in [-0.25, -0.2) is 0 Å². The Kier molecular flexibility index (Phi) is 4.30. The van der Waals surface area contributed by atoms with Crippen molar-refractivity contribution < 1.29 is 9.21 Å². The molecule has 1 fully saturated rings. The van der Waals surface area contributed by atoms with Gasteiger partial charge in [-0.2, -0.15) is 0 Å². The molecule has 0 aromatic carbocycles. The van der Waals surface area contributed by atoms with Crippen LogP contribution in [0, 0.1) is 6.92 Å². The maximum atomic E-state index is 11.3. The van der Waals surface area contributed by atoms with Gasteiger partial charge in [0, 0.05) is 32.5 Å². The molecule has 2 heterocycles. The van der Waals surface area contributed by atoms with E-state index in [1.165, 1.54) is 0 Å². The molecule has 1 aromatic rings. The van der Waals surface area contributed by atoms with Gasteiger partial charge in [-0.15, -0.1) is 10.2 Å². The first-order chi connectivity index (χ1) is 8.67. The quantitative estimate of drug-likeness (QED) is 0.861. The third kappa shape index (κ3) is 3.53. The number of hydrogen-bond donors (Lipinski definition) is 1. The highest BCUT2D eigenvalue weighted by Gasteiger charge is 2.21. The Bertz CT molecular complexity index is 397. The summed E-state index contributed by atoms with van der Waals surface area (Å²) in [6.07, 6.45) is 2.53. The minimum Gasteiger partial charge on any atom is -0.424 e. The van der Waals surface area contributed by atoms with Gasteiger partial charge in [-0.05, 0) is 12.8 Å². The summed E-state index contributed by atoms with van der Waals surface area (Å²) in [5.74, 6) is 1.42. The molecule has 1 aliphatic heterocycles. The summed E-state index contributed by atoms with van der Waals surface area (Å²) in [4.78, 5) is 13.6. The molecule has 6 nitrogen and oxygen atoms in total. The molecular formula is C12H20N4O2. The molecule has 2 rings (SSSR count). The van der Waals surface area contributed by atoms with Crippen LogP contribution in [0.2, 0.25) is 0 Å². The Morgan fingerprint density at radius 1 is 1.44 bits per heavy atom. The van der Waals surface area contributed by atoms with Gasteiger partial charge in [0.05, 0.1) is 6.54 Å². The predicted molar refractivity (Wildman–Crippen MR) is 65.8 cm³/mol. The minimum absolute atomic E-state index is 0.140. The van der Waals surface area contributed by atoms with Gasteiger partial charge >= 0.3 is 0 Å². The maximum absolute atomic E-state index is 11.3. The van der Waals surface area contributed by atoms with Gasteiger partial charge in [0.15, 0.2) is 0 Å². The summed E-state index contributed by atoms with van der Waals surface area (Å²) in [5, 5.41) is 10.8. The smallest absolute Gasteiger partial charge is 0.230 e. The number of piperidine rings is 1. The molecule has 0 bridgehead atoms. The number of aryl methyl sites for hydroxylation is 1. The summed E-state index contributed by atoms with van der Waals surface area (Å²) >= 11 is 0. The molecule has 1 saturated heterocycles. The Morgan fingerprint density at radius 2 is 2.17 bits per heavy atom. The van der Waals surface area contributed by atoms with Crippen LogP contribution in [-0.4, -0.2) is 40.1 Å². The second-order valence-corrected chi connectivity index (χ2v) is 4.69. The summed E-state index contributed by atoms with van der Waals surface area (Å²) in [5.41, 5.74) is 0. The highest BCUT2D eigenvalue weighted by molar-refractivity contribution is 5.75. The van der Waals surface area contributed by atoms with Crippen LogP contribution >= 0.6 is 0 Å². The van der Waals surface area contributed by atoms with Crippen molar-refractivity contribution >= 4 is 5.91 Å². The van der Waals surface area contributed by atoms with E-state index in [2.05, 4.69) is 20.4 Å². The van der Waals surface area contributed by atoms with E-state index in [9.17, 15) is 4.79 Å². The summed E-state index contributed by atoms with van der Waals surface area (Å²) in [6.45, 7) is 6.28. The fourth-order valence-corrected chi connectivity index (χ4v) is 2.16. The summed E-state index contributed by atoms with van der Waals surface area (Å²) < 4.78 is 5.36. The van der Waals surface area contributed by atoms with Crippen molar-refractivity contribution in [1.82, 2.24) is 20.4 Å². The number of carbonyl (C=O) groups excluding carboxylic acids is 1. The molecular weight excluding hydrogens is 232 g/mol. The van der Waals surface area contributed by atoms with Crippen molar-refractivity contribution in [2.75, 3.05) is 13.1 Å². The van der Waals surface area contributed by atoms with Crippen LogP contribution in [0.3, 0.4) is 0 Å². The van der Waals surface area contributed by atoms with E-state index in [4.69, 9.17) is 4.42 Å². The zero-order valence-electron chi connectivity index (χ0n) is 11.0. The van der Waals surface area contributed by atoms with E-state index in [1.54, 1.807) is 6.92 Å². The van der Waals surface area contributed by atoms with Crippen LogP contribution in [0.5, 0.6) is 0 Å². The monoisotopic (exact) mass is 252 g/mol. The fraction of sp³-hybridized carbons (Fsp3) is 0.750. The first-order valence-electron chi connectivity index (χ1n) is 6.48. The van der Waals surface area contributed by atoms with E-state index in [0.717, 1.165) is 25.9 Å². The first-order valence-corrected chi connectivity index (χ1v) is 6.48. The van der Waals surface area contributed by atoms with Crippen LogP contribution in [0.1, 0.15) is 38.0 Å². The molecule has 0 spiro atoms. The van der Waals surface area contributed by atoms with E-state index in [0.29, 0.717) is 30.8 Å². The second kappa shape index (κ2) is 5.95. The maximum Gasteiger partial charge on any atom is 0.230 e. The molecule has 1 aromatic heterocycles. The Morgan fingerprint density at radius 3 is 2.72 bits per heavy atom. The van der Waals surface area contributed by atoms with Crippen LogP contribution in [0.25, 0.3) is 0 Å². The lowest BCUT2D eigenvalue weighted by atomic mass is 10.0. The van der Waals surface area contributed by atoms with Crippen LogP contribution in [-0.2, 0) is 11.3 Å². The van der Waals surface area contributed by atoms with Crippen molar-refractivity contribution in [2.45, 2.75) is 45.7 Å². The first kappa shape index (κ1) is 13.0. The third-order valence-electron chi connectivity index (χ3n) is 3.20. The standard InChI is InChI=1S/C12H20N4O2/c1-3-11(17)13-10-4-6-16(7-5-10)8-12-15-14-9(2)18-12/h10H,3-8H2,1-2H3,(H,13,17). The number of rotatable bonds is 4. The van der Waals surface area contributed by atoms with Gasteiger partial charge < -0.3 is 9.73 Å². The van der Waals surface area contributed by atoms with Crippen molar-refractivity contribution in [3.63, 3.8) is 0 Å².